The number of halogens is 1. The number of thiocarbonyl (C=S) groups is 1. The topological polar surface area (TPSA) is 70.4 Å². The predicted molar refractivity (Wildman–Crippen MR) is 109 cm³/mol. The molecular formula is C19H19ClN4O2S. The highest BCUT2D eigenvalue weighted by Crippen LogP contribution is 2.34. The fraction of sp³-hybridized carbons (Fsp3) is 0.211. The summed E-state index contributed by atoms with van der Waals surface area (Å²) in [7, 11) is 0. The van der Waals surface area contributed by atoms with E-state index in [0.717, 1.165) is 11.3 Å². The van der Waals surface area contributed by atoms with Crippen molar-refractivity contribution in [1.82, 2.24) is 15.4 Å². The molecule has 0 bridgehead atoms. The van der Waals surface area contributed by atoms with Crippen LogP contribution in [0.2, 0.25) is 5.02 Å². The summed E-state index contributed by atoms with van der Waals surface area (Å²) < 4.78 is 5.02. The first-order valence-electron chi connectivity index (χ1n) is 8.31. The van der Waals surface area contributed by atoms with E-state index < -0.39 is 6.04 Å². The van der Waals surface area contributed by atoms with Crippen molar-refractivity contribution in [1.29, 1.82) is 0 Å². The quantitative estimate of drug-likeness (QED) is 0.582. The highest BCUT2D eigenvalue weighted by Gasteiger charge is 2.34. The van der Waals surface area contributed by atoms with Crippen LogP contribution < -0.4 is 10.6 Å². The van der Waals surface area contributed by atoms with Crippen LogP contribution in [0.5, 0.6) is 0 Å². The van der Waals surface area contributed by atoms with Gasteiger partial charge in [-0.1, -0.05) is 41.0 Å². The van der Waals surface area contributed by atoms with Crippen LogP contribution in [0.25, 0.3) is 0 Å². The number of anilines is 1. The van der Waals surface area contributed by atoms with E-state index in [9.17, 15) is 4.79 Å². The number of allylic oxidation sites excluding steroid dienone is 1. The maximum absolute atomic E-state index is 13.1. The molecule has 2 N–H and O–H groups in total. The number of aromatic nitrogens is 1. The Hall–Kier alpha value is -2.64. The van der Waals surface area contributed by atoms with Gasteiger partial charge in [0.05, 0.1) is 11.6 Å². The van der Waals surface area contributed by atoms with Crippen LogP contribution in [-0.4, -0.2) is 27.6 Å². The number of aryl methyl sites for hydroxylation is 1. The second-order valence-corrected chi connectivity index (χ2v) is 6.87. The summed E-state index contributed by atoms with van der Waals surface area (Å²) in [5.74, 6) is 0.642. The van der Waals surface area contributed by atoms with Crippen LogP contribution in [0.15, 0.2) is 58.8 Å². The Morgan fingerprint density at radius 3 is 2.85 bits per heavy atom. The van der Waals surface area contributed by atoms with Crippen molar-refractivity contribution in [3.05, 3.63) is 70.6 Å². The average Bonchev–Trinajstić information content (AvgIpc) is 3.03. The smallest absolute Gasteiger partial charge is 0.257 e. The first-order valence-corrected chi connectivity index (χ1v) is 9.09. The molecule has 0 saturated carbocycles. The first kappa shape index (κ1) is 19.1. The Bertz CT molecular complexity index is 937. The second-order valence-electron chi connectivity index (χ2n) is 6.08. The lowest BCUT2D eigenvalue weighted by Crippen LogP contribution is -2.48. The number of nitrogens with zero attached hydrogens (tertiary/aromatic N) is 2. The molecule has 1 aliphatic rings. The number of carbonyl (C=O) groups is 1. The lowest BCUT2D eigenvalue weighted by Gasteiger charge is -2.37. The van der Waals surface area contributed by atoms with Gasteiger partial charge in [0.1, 0.15) is 5.76 Å². The zero-order valence-corrected chi connectivity index (χ0v) is 16.5. The standard InChI is InChI=1S/C19H19ClN4O2S/c1-4-9-24-12(3)16(18(25)21-15-10-11(2)26-23-15)17(22-19(24)27)13-7-5-6-8-14(13)20/h4-8,10,17H,1,9H2,2-3H3,(H,22,27)(H,21,23,25)/t17-/m0/s1. The van der Waals surface area contributed by atoms with Crippen molar-refractivity contribution < 1.29 is 9.32 Å². The minimum Gasteiger partial charge on any atom is -0.360 e. The molecule has 2 aromatic rings. The van der Waals surface area contributed by atoms with Crippen molar-refractivity contribution in [2.24, 2.45) is 0 Å². The van der Waals surface area contributed by atoms with E-state index in [0.29, 0.717) is 33.8 Å². The maximum Gasteiger partial charge on any atom is 0.257 e. The Labute approximate surface area is 167 Å². The molecule has 1 amide bonds. The molecule has 1 aromatic heterocycles. The van der Waals surface area contributed by atoms with Crippen molar-refractivity contribution in [3.63, 3.8) is 0 Å². The zero-order chi connectivity index (χ0) is 19.6. The molecule has 1 aliphatic heterocycles. The van der Waals surface area contributed by atoms with Crippen LogP contribution >= 0.6 is 23.8 Å². The number of hydrogen-bond donors (Lipinski definition) is 2. The largest absolute Gasteiger partial charge is 0.360 e. The van der Waals surface area contributed by atoms with Gasteiger partial charge in [-0.25, -0.2) is 0 Å². The van der Waals surface area contributed by atoms with Gasteiger partial charge < -0.3 is 20.1 Å². The normalized spacial score (nSPS) is 16.9. The molecule has 0 saturated heterocycles. The van der Waals surface area contributed by atoms with Gasteiger partial charge in [-0.05, 0) is 37.7 Å². The van der Waals surface area contributed by atoms with Crippen LogP contribution in [0, 0.1) is 6.92 Å². The third-order valence-corrected chi connectivity index (χ3v) is 4.92. The van der Waals surface area contributed by atoms with Crippen LogP contribution in [-0.2, 0) is 4.79 Å². The second kappa shape index (κ2) is 7.94. The molecule has 0 radical (unpaired) electrons. The molecule has 1 aromatic carbocycles. The third-order valence-electron chi connectivity index (χ3n) is 4.24. The highest BCUT2D eigenvalue weighted by molar-refractivity contribution is 7.80. The molecule has 0 spiro atoms. The monoisotopic (exact) mass is 402 g/mol. The lowest BCUT2D eigenvalue weighted by atomic mass is 9.94. The fourth-order valence-electron chi connectivity index (χ4n) is 2.98. The minimum atomic E-state index is -0.486. The average molecular weight is 403 g/mol. The summed E-state index contributed by atoms with van der Waals surface area (Å²) in [6.45, 7) is 7.85. The number of amides is 1. The van der Waals surface area contributed by atoms with Gasteiger partial charge in [0.15, 0.2) is 10.9 Å². The number of rotatable bonds is 5. The van der Waals surface area contributed by atoms with E-state index in [4.69, 9.17) is 28.3 Å². The van der Waals surface area contributed by atoms with Crippen LogP contribution in [0.1, 0.15) is 24.3 Å². The number of benzene rings is 1. The molecule has 0 aliphatic carbocycles. The highest BCUT2D eigenvalue weighted by atomic mass is 35.5. The SMILES string of the molecule is C=CCN1C(=S)N[C@@H](c2ccccc2Cl)C(C(=O)Nc2cc(C)on2)=C1C. The molecule has 3 rings (SSSR count). The molecular weight excluding hydrogens is 384 g/mol. The molecule has 1 atom stereocenters. The van der Waals surface area contributed by atoms with E-state index in [2.05, 4.69) is 22.4 Å². The van der Waals surface area contributed by atoms with Gasteiger partial charge in [0.25, 0.3) is 5.91 Å². The molecule has 0 fully saturated rings. The Kier molecular flexibility index (Phi) is 5.62. The molecule has 6 nitrogen and oxygen atoms in total. The van der Waals surface area contributed by atoms with E-state index in [-0.39, 0.29) is 5.91 Å². The van der Waals surface area contributed by atoms with E-state index in [1.807, 2.05) is 30.0 Å². The van der Waals surface area contributed by atoms with Gasteiger partial charge in [-0.2, -0.15) is 0 Å². The summed E-state index contributed by atoms with van der Waals surface area (Å²) in [4.78, 5) is 14.9. The number of hydrogen-bond acceptors (Lipinski definition) is 4. The minimum absolute atomic E-state index is 0.310. The van der Waals surface area contributed by atoms with Crippen LogP contribution in [0.4, 0.5) is 5.82 Å². The summed E-state index contributed by atoms with van der Waals surface area (Å²) in [5, 5.41) is 10.9. The Balaban J connectivity index is 2.06. The van der Waals surface area contributed by atoms with Crippen molar-refractivity contribution in [2.75, 3.05) is 11.9 Å². The van der Waals surface area contributed by atoms with Crippen molar-refractivity contribution in [2.45, 2.75) is 19.9 Å². The third kappa shape index (κ3) is 3.89. The maximum atomic E-state index is 13.1. The summed E-state index contributed by atoms with van der Waals surface area (Å²) >= 11 is 11.9. The van der Waals surface area contributed by atoms with E-state index >= 15 is 0 Å². The molecule has 8 heteroatoms. The lowest BCUT2D eigenvalue weighted by molar-refractivity contribution is -0.113. The van der Waals surface area contributed by atoms with Crippen LogP contribution in [0.3, 0.4) is 0 Å². The molecule has 0 unspecified atom stereocenters. The Morgan fingerprint density at radius 2 is 2.22 bits per heavy atom. The van der Waals surface area contributed by atoms with E-state index in [1.165, 1.54) is 0 Å². The first-order chi connectivity index (χ1) is 12.9. The molecule has 2 heterocycles. The fourth-order valence-corrected chi connectivity index (χ4v) is 3.55. The number of carbonyl (C=O) groups excluding carboxylic acids is 1. The van der Waals surface area contributed by atoms with Gasteiger partial charge >= 0.3 is 0 Å². The summed E-state index contributed by atoms with van der Waals surface area (Å²) in [5.41, 5.74) is 1.99. The predicted octanol–water partition coefficient (Wildman–Crippen LogP) is 3.97. The summed E-state index contributed by atoms with van der Waals surface area (Å²) in [6, 6.07) is 8.52. The van der Waals surface area contributed by atoms with Gasteiger partial charge in [-0.15, -0.1) is 6.58 Å². The van der Waals surface area contributed by atoms with Gasteiger partial charge in [-0.3, -0.25) is 4.79 Å². The number of nitrogens with one attached hydrogen (secondary N) is 2. The van der Waals surface area contributed by atoms with Crippen molar-refractivity contribution >= 4 is 40.7 Å². The molecule has 140 valence electrons. The van der Waals surface area contributed by atoms with E-state index in [1.54, 1.807) is 25.1 Å². The van der Waals surface area contributed by atoms with Crippen molar-refractivity contribution in [3.8, 4) is 0 Å². The van der Waals surface area contributed by atoms with Gasteiger partial charge in [0.2, 0.25) is 0 Å². The zero-order valence-electron chi connectivity index (χ0n) is 15.0. The Morgan fingerprint density at radius 1 is 1.48 bits per heavy atom. The summed E-state index contributed by atoms with van der Waals surface area (Å²) in [6.07, 6.45) is 1.73. The molecule has 27 heavy (non-hydrogen) atoms. The van der Waals surface area contributed by atoms with Gasteiger partial charge in [0, 0.05) is 23.3 Å².